The van der Waals surface area contributed by atoms with Crippen LogP contribution >= 0.6 is 0 Å². The van der Waals surface area contributed by atoms with Crippen molar-refractivity contribution < 1.29 is 19.0 Å². The van der Waals surface area contributed by atoms with Crippen molar-refractivity contribution in [3.8, 4) is 11.1 Å². The molecule has 132 valence electrons. The van der Waals surface area contributed by atoms with Crippen LogP contribution in [-0.2, 0) is 4.74 Å². The van der Waals surface area contributed by atoms with Crippen LogP contribution in [0.4, 0.5) is 20.7 Å². The first-order valence-electron chi connectivity index (χ1n) is 7.79. The minimum Gasteiger partial charge on any atom is -0.441 e. The number of rotatable bonds is 5. The predicted molar refractivity (Wildman–Crippen MR) is 91.8 cm³/mol. The first kappa shape index (κ1) is 17.1. The molecule has 2 heterocycles. The molecule has 1 atom stereocenters. The van der Waals surface area contributed by atoms with E-state index in [9.17, 15) is 9.18 Å². The molecule has 0 spiro atoms. The smallest absolute Gasteiger partial charge is 0.414 e. The molecule has 1 fully saturated rings. The Morgan fingerprint density at radius 3 is 2.80 bits per heavy atom. The number of nitrogens with two attached hydrogens (primary N) is 1. The van der Waals surface area contributed by atoms with Crippen LogP contribution in [-0.4, -0.2) is 49.2 Å². The molecule has 3 N–H and O–H groups in total. The summed E-state index contributed by atoms with van der Waals surface area (Å²) in [7, 11) is 1.81. The highest BCUT2D eigenvalue weighted by Gasteiger charge is 2.32. The molecule has 1 saturated heterocycles. The van der Waals surface area contributed by atoms with Crippen molar-refractivity contribution in [1.82, 2.24) is 4.98 Å². The summed E-state index contributed by atoms with van der Waals surface area (Å²) in [6.07, 6.45) is 0.388. The van der Waals surface area contributed by atoms with Crippen molar-refractivity contribution in [3.63, 3.8) is 0 Å². The van der Waals surface area contributed by atoms with Crippen LogP contribution in [0.1, 0.15) is 0 Å². The van der Waals surface area contributed by atoms with Gasteiger partial charge in [0.1, 0.15) is 17.7 Å². The average molecular weight is 346 g/mol. The van der Waals surface area contributed by atoms with Gasteiger partial charge in [-0.1, -0.05) is 0 Å². The van der Waals surface area contributed by atoms with Crippen molar-refractivity contribution in [2.75, 3.05) is 36.7 Å². The van der Waals surface area contributed by atoms with Gasteiger partial charge in [-0.15, -0.1) is 0 Å². The Balaban J connectivity index is 1.84. The van der Waals surface area contributed by atoms with Crippen LogP contribution in [0.25, 0.3) is 11.1 Å². The van der Waals surface area contributed by atoms with Crippen molar-refractivity contribution >= 4 is 17.6 Å². The van der Waals surface area contributed by atoms with E-state index >= 15 is 0 Å². The second-order valence-corrected chi connectivity index (χ2v) is 5.75. The van der Waals surface area contributed by atoms with Crippen LogP contribution in [0.15, 0.2) is 36.5 Å². The zero-order valence-electron chi connectivity index (χ0n) is 13.7. The fourth-order valence-corrected chi connectivity index (χ4v) is 2.60. The molecule has 3 rings (SSSR count). The molecule has 0 bridgehead atoms. The van der Waals surface area contributed by atoms with Gasteiger partial charge in [0, 0.05) is 24.4 Å². The number of pyridine rings is 1. The number of halogens is 1. The van der Waals surface area contributed by atoms with Gasteiger partial charge in [-0.2, -0.15) is 0 Å². The Kier molecular flexibility index (Phi) is 4.82. The first-order valence-corrected chi connectivity index (χ1v) is 7.79. The van der Waals surface area contributed by atoms with Gasteiger partial charge in [0.2, 0.25) is 0 Å². The normalized spacial score (nSPS) is 16.9. The standard InChI is InChI=1S/C17H19FN4O3/c1-21(10-19)16-5-2-11(7-20-16)14-4-3-12(6-15(14)18)22-8-13(9-23)25-17(22)24/h2-7,13,23H,8-10,19H2,1H3. The highest BCUT2D eigenvalue weighted by atomic mass is 19.1. The minimum atomic E-state index is -0.595. The Morgan fingerprint density at radius 1 is 1.44 bits per heavy atom. The highest BCUT2D eigenvalue weighted by molar-refractivity contribution is 5.90. The number of ether oxygens (including phenoxy) is 1. The maximum atomic E-state index is 14.5. The molecular weight excluding hydrogens is 327 g/mol. The molecule has 25 heavy (non-hydrogen) atoms. The third kappa shape index (κ3) is 3.40. The maximum absolute atomic E-state index is 14.5. The molecule has 1 aromatic heterocycles. The quantitative estimate of drug-likeness (QED) is 0.798. The lowest BCUT2D eigenvalue weighted by atomic mass is 10.1. The number of hydrogen-bond donors (Lipinski definition) is 2. The van der Waals surface area contributed by atoms with E-state index < -0.39 is 18.0 Å². The molecule has 2 aromatic rings. The largest absolute Gasteiger partial charge is 0.441 e. The van der Waals surface area contributed by atoms with Gasteiger partial charge in [0.15, 0.2) is 0 Å². The van der Waals surface area contributed by atoms with E-state index in [-0.39, 0.29) is 13.2 Å². The lowest BCUT2D eigenvalue weighted by Gasteiger charge is -2.16. The first-order chi connectivity index (χ1) is 12.0. The third-order valence-corrected chi connectivity index (χ3v) is 4.07. The van der Waals surface area contributed by atoms with Gasteiger partial charge in [-0.25, -0.2) is 14.2 Å². The summed E-state index contributed by atoms with van der Waals surface area (Å²) in [5, 5.41) is 9.08. The summed E-state index contributed by atoms with van der Waals surface area (Å²) in [4.78, 5) is 19.1. The molecule has 0 aliphatic carbocycles. The number of anilines is 2. The third-order valence-electron chi connectivity index (χ3n) is 4.07. The zero-order valence-corrected chi connectivity index (χ0v) is 13.7. The lowest BCUT2D eigenvalue weighted by Crippen LogP contribution is -2.25. The second-order valence-electron chi connectivity index (χ2n) is 5.75. The topological polar surface area (TPSA) is 91.9 Å². The Hall–Kier alpha value is -2.71. The number of aliphatic hydroxyl groups excluding tert-OH is 1. The minimum absolute atomic E-state index is 0.190. The number of amides is 1. The summed E-state index contributed by atoms with van der Waals surface area (Å²) < 4.78 is 19.5. The number of carbonyl (C=O) groups is 1. The fourth-order valence-electron chi connectivity index (χ4n) is 2.60. The van der Waals surface area contributed by atoms with Gasteiger partial charge in [-0.3, -0.25) is 4.90 Å². The molecule has 1 amide bonds. The molecule has 0 radical (unpaired) electrons. The molecular formula is C17H19FN4O3. The van der Waals surface area contributed by atoms with Gasteiger partial charge >= 0.3 is 6.09 Å². The monoisotopic (exact) mass is 346 g/mol. The Bertz CT molecular complexity index is 769. The summed E-state index contributed by atoms with van der Waals surface area (Å²) >= 11 is 0. The van der Waals surface area contributed by atoms with Crippen LogP contribution < -0.4 is 15.5 Å². The Labute approximate surface area is 144 Å². The average Bonchev–Trinajstić information content (AvgIpc) is 3.02. The van der Waals surface area contributed by atoms with E-state index in [4.69, 9.17) is 15.6 Å². The van der Waals surface area contributed by atoms with Crippen molar-refractivity contribution in [2.45, 2.75) is 6.10 Å². The number of nitrogens with zero attached hydrogens (tertiary/aromatic N) is 3. The molecule has 0 saturated carbocycles. The molecule has 1 aliphatic heterocycles. The van der Waals surface area contributed by atoms with Crippen LogP contribution in [0, 0.1) is 5.82 Å². The molecule has 8 heteroatoms. The summed E-state index contributed by atoms with van der Waals surface area (Å²) in [6.45, 7) is 0.254. The SMILES string of the molecule is CN(CN)c1ccc(-c2ccc(N3CC(CO)OC3=O)cc2F)cn1. The summed E-state index contributed by atoms with van der Waals surface area (Å²) in [6, 6.07) is 8.03. The van der Waals surface area contributed by atoms with Crippen LogP contribution in [0.3, 0.4) is 0 Å². The predicted octanol–water partition coefficient (Wildman–Crippen LogP) is 1.56. The molecule has 1 aromatic carbocycles. The second kappa shape index (κ2) is 7.04. The van der Waals surface area contributed by atoms with Crippen LogP contribution in [0.2, 0.25) is 0 Å². The summed E-state index contributed by atoms with van der Waals surface area (Å²) in [5.41, 5.74) is 6.94. The number of aromatic nitrogens is 1. The van der Waals surface area contributed by atoms with Gasteiger partial charge in [-0.05, 0) is 30.3 Å². The van der Waals surface area contributed by atoms with Crippen LogP contribution in [0.5, 0.6) is 0 Å². The fraction of sp³-hybridized carbons (Fsp3) is 0.294. The zero-order chi connectivity index (χ0) is 18.0. The number of carbonyl (C=O) groups excluding carboxylic acids is 1. The Morgan fingerprint density at radius 2 is 2.24 bits per heavy atom. The summed E-state index contributed by atoms with van der Waals surface area (Å²) in [5.74, 6) is 0.220. The van der Waals surface area contributed by atoms with Crippen molar-refractivity contribution in [3.05, 3.63) is 42.3 Å². The van der Waals surface area contributed by atoms with Gasteiger partial charge in [0.05, 0.1) is 25.5 Å². The van der Waals surface area contributed by atoms with Crippen molar-refractivity contribution in [2.24, 2.45) is 5.73 Å². The van der Waals surface area contributed by atoms with Crippen molar-refractivity contribution in [1.29, 1.82) is 0 Å². The van der Waals surface area contributed by atoms with E-state index in [1.165, 1.54) is 11.0 Å². The number of benzene rings is 1. The van der Waals surface area contributed by atoms with E-state index in [1.54, 1.807) is 35.4 Å². The number of hydrogen-bond acceptors (Lipinski definition) is 6. The van der Waals surface area contributed by atoms with Gasteiger partial charge < -0.3 is 20.5 Å². The number of cyclic esters (lactones) is 1. The highest BCUT2D eigenvalue weighted by Crippen LogP contribution is 2.29. The maximum Gasteiger partial charge on any atom is 0.414 e. The molecule has 1 aliphatic rings. The van der Waals surface area contributed by atoms with Gasteiger partial charge in [0.25, 0.3) is 0 Å². The van der Waals surface area contributed by atoms with E-state index in [0.717, 1.165) is 0 Å². The number of aliphatic hydroxyl groups is 1. The van der Waals surface area contributed by atoms with E-state index in [2.05, 4.69) is 4.98 Å². The lowest BCUT2D eigenvalue weighted by molar-refractivity contribution is 0.0963. The van der Waals surface area contributed by atoms with E-state index in [1.807, 2.05) is 7.05 Å². The molecule has 7 nitrogen and oxygen atoms in total. The molecule has 1 unspecified atom stereocenters. The van der Waals surface area contributed by atoms with E-state index in [0.29, 0.717) is 29.3 Å².